The molecule has 1 aliphatic heterocycles. The molecule has 0 aromatic carbocycles. The van der Waals surface area contributed by atoms with Gasteiger partial charge in [0, 0.05) is 32.1 Å². The molecule has 7 heteroatoms. The van der Waals surface area contributed by atoms with Gasteiger partial charge < -0.3 is 15.0 Å². The molecule has 1 aliphatic carbocycles. The van der Waals surface area contributed by atoms with E-state index in [2.05, 4.69) is 10.1 Å². The van der Waals surface area contributed by atoms with Crippen LogP contribution in [0.5, 0.6) is 0 Å². The van der Waals surface area contributed by atoms with E-state index in [1.807, 2.05) is 25.7 Å². The highest BCUT2D eigenvalue weighted by molar-refractivity contribution is 6.40. The predicted molar refractivity (Wildman–Crippen MR) is 85.6 cm³/mol. The maximum Gasteiger partial charge on any atom is 0.293 e. The van der Waals surface area contributed by atoms with Gasteiger partial charge in [0.05, 0.1) is 5.34 Å². The van der Waals surface area contributed by atoms with E-state index in [1.54, 1.807) is 0 Å². The molecule has 2 rings (SSSR count). The highest BCUT2D eigenvalue weighted by Crippen LogP contribution is 2.30. The van der Waals surface area contributed by atoms with E-state index in [1.165, 1.54) is 0 Å². The van der Waals surface area contributed by atoms with Gasteiger partial charge in [-0.1, -0.05) is 0 Å². The number of carbonyl (C=O) groups excluding carboxylic acids is 2. The first-order chi connectivity index (χ1) is 9.85. The Labute approximate surface area is 137 Å². The third-order valence-electron chi connectivity index (χ3n) is 2.76. The minimum atomic E-state index is -0.318. The van der Waals surface area contributed by atoms with Gasteiger partial charge in [0.1, 0.15) is 5.60 Å². The molecule has 1 N–H and O–H groups in total. The quantitative estimate of drug-likeness (QED) is 0.618. The highest BCUT2D eigenvalue weighted by atomic mass is 35.5. The van der Waals surface area contributed by atoms with Crippen molar-refractivity contribution in [3.05, 3.63) is 0 Å². The number of alkyl halides is 2. The summed E-state index contributed by atoms with van der Waals surface area (Å²) in [5, 5.41) is 3.43. The van der Waals surface area contributed by atoms with Crippen molar-refractivity contribution in [2.75, 3.05) is 31.5 Å². The molecule has 0 atom stereocenters. The lowest BCUT2D eigenvalue weighted by Crippen LogP contribution is -2.46. The first-order valence-corrected chi connectivity index (χ1v) is 8.15. The fourth-order valence-electron chi connectivity index (χ4n) is 1.62. The van der Waals surface area contributed by atoms with E-state index in [4.69, 9.17) is 23.2 Å². The Morgan fingerprint density at radius 1 is 1.29 bits per heavy atom. The van der Waals surface area contributed by atoms with Gasteiger partial charge in [-0.3, -0.25) is 9.59 Å². The van der Waals surface area contributed by atoms with Crippen molar-refractivity contribution in [1.29, 1.82) is 0 Å². The molecule has 1 amide bonds. The monoisotopic (exact) mass is 340 g/mol. The summed E-state index contributed by atoms with van der Waals surface area (Å²) >= 11 is 9.53. The van der Waals surface area contributed by atoms with Crippen molar-refractivity contribution in [3.8, 4) is 0 Å². The maximum atomic E-state index is 11.5. The second-order valence-electron chi connectivity index (χ2n) is 5.78. The van der Waals surface area contributed by atoms with Gasteiger partial charge in [-0.05, 0) is 33.6 Å². The lowest BCUT2D eigenvalue weighted by Gasteiger charge is -2.27. The van der Waals surface area contributed by atoms with Crippen LogP contribution in [-0.4, -0.2) is 54.4 Å². The number of hydrogen-bond donors (Lipinski definition) is 1. The van der Waals surface area contributed by atoms with Crippen molar-refractivity contribution in [3.63, 3.8) is 0 Å². The molecule has 0 aromatic heterocycles. The molecular formula is C14H26Cl2N2O3. The summed E-state index contributed by atoms with van der Waals surface area (Å²) in [7, 11) is 0. The van der Waals surface area contributed by atoms with Gasteiger partial charge >= 0.3 is 0 Å². The summed E-state index contributed by atoms with van der Waals surface area (Å²) < 4.78 is 4.55. The molecule has 21 heavy (non-hydrogen) atoms. The highest BCUT2D eigenvalue weighted by Gasteiger charge is 2.33. The van der Waals surface area contributed by atoms with Gasteiger partial charge in [-0.25, -0.2) is 0 Å². The molecule has 5 nitrogen and oxygen atoms in total. The lowest BCUT2D eigenvalue weighted by molar-refractivity contribution is -0.138. The van der Waals surface area contributed by atoms with Gasteiger partial charge in [0.25, 0.3) is 6.47 Å². The number of hydrogen-bond acceptors (Lipinski definition) is 4. The first kappa shape index (κ1) is 20.5. The van der Waals surface area contributed by atoms with Crippen LogP contribution in [0.25, 0.3) is 0 Å². The van der Waals surface area contributed by atoms with Crippen LogP contribution >= 0.6 is 23.2 Å². The predicted octanol–water partition coefficient (Wildman–Crippen LogP) is 2.21. The number of nitrogens with one attached hydrogen (secondary N) is 1. The third-order valence-corrected chi connectivity index (χ3v) is 2.76. The Bertz CT molecular complexity index is 299. The zero-order valence-corrected chi connectivity index (χ0v) is 14.5. The third kappa shape index (κ3) is 11.8. The van der Waals surface area contributed by atoms with Crippen LogP contribution in [0.3, 0.4) is 0 Å². The summed E-state index contributed by atoms with van der Waals surface area (Å²) in [4.78, 5) is 23.1. The molecular weight excluding hydrogens is 315 g/mol. The number of rotatable bonds is 2. The number of nitrogens with zero attached hydrogens (tertiary/aromatic N) is 1. The molecule has 0 spiro atoms. The van der Waals surface area contributed by atoms with E-state index >= 15 is 0 Å². The fourth-order valence-corrected chi connectivity index (χ4v) is 1.62. The molecule has 0 radical (unpaired) electrons. The van der Waals surface area contributed by atoms with Crippen molar-refractivity contribution in [1.82, 2.24) is 10.2 Å². The summed E-state index contributed by atoms with van der Waals surface area (Å²) in [6.45, 7) is 9.69. The Balaban J connectivity index is 0.000000348. The average Bonchev–Trinajstić information content (AvgIpc) is 3.23. The lowest BCUT2D eigenvalue weighted by atomic mass is 10.2. The van der Waals surface area contributed by atoms with Crippen LogP contribution in [0.15, 0.2) is 0 Å². The Hall–Kier alpha value is -0.520. The zero-order chi connectivity index (χ0) is 16.3. The van der Waals surface area contributed by atoms with Gasteiger partial charge in [0.2, 0.25) is 5.91 Å². The van der Waals surface area contributed by atoms with Crippen molar-refractivity contribution in [2.24, 2.45) is 5.92 Å². The molecule has 2 fully saturated rings. The zero-order valence-electron chi connectivity index (χ0n) is 13.0. The molecule has 0 unspecified atom stereocenters. The number of ether oxygens (including phenoxy) is 1. The minimum Gasteiger partial charge on any atom is -0.462 e. The normalized spacial score (nSPS) is 17.7. The molecule has 0 aromatic rings. The summed E-state index contributed by atoms with van der Waals surface area (Å²) in [6.07, 6.45) is 2.26. The van der Waals surface area contributed by atoms with Crippen LogP contribution in [0.2, 0.25) is 0 Å². The summed E-state index contributed by atoms with van der Waals surface area (Å²) in [5.41, 5.74) is -0.318. The number of carbonyl (C=O) groups is 2. The van der Waals surface area contributed by atoms with Crippen LogP contribution in [0.4, 0.5) is 0 Å². The fraction of sp³-hybridized carbons (Fsp3) is 0.857. The van der Waals surface area contributed by atoms with Gasteiger partial charge in [-0.2, -0.15) is 0 Å². The average molecular weight is 341 g/mol. The molecule has 124 valence electrons. The molecule has 1 saturated carbocycles. The van der Waals surface area contributed by atoms with Crippen LogP contribution < -0.4 is 5.32 Å². The summed E-state index contributed by atoms with van der Waals surface area (Å²) in [6, 6.07) is 0. The SMILES string of the molecule is CC(C)(C)OC=O.ClCCl.O=C(C1CC1)N1CCNCC1. The smallest absolute Gasteiger partial charge is 0.293 e. The molecule has 2 aliphatic rings. The maximum absolute atomic E-state index is 11.5. The van der Waals surface area contributed by atoms with Gasteiger partial charge in [0.15, 0.2) is 0 Å². The van der Waals surface area contributed by atoms with E-state index < -0.39 is 0 Å². The summed E-state index contributed by atoms with van der Waals surface area (Å²) in [5.74, 6) is 0.791. The second-order valence-corrected chi connectivity index (χ2v) is 6.59. The molecule has 1 heterocycles. The van der Waals surface area contributed by atoms with E-state index in [0.29, 0.717) is 18.3 Å². The Morgan fingerprint density at radius 2 is 1.76 bits per heavy atom. The number of amides is 1. The topological polar surface area (TPSA) is 58.6 Å². The number of piperazine rings is 1. The van der Waals surface area contributed by atoms with Crippen molar-refractivity contribution in [2.45, 2.75) is 39.2 Å². The minimum absolute atomic E-state index is 0.194. The van der Waals surface area contributed by atoms with E-state index in [9.17, 15) is 9.59 Å². The van der Waals surface area contributed by atoms with Gasteiger partial charge in [-0.15, -0.1) is 23.2 Å². The number of halogens is 2. The second kappa shape index (κ2) is 11.1. The van der Waals surface area contributed by atoms with Crippen molar-refractivity contribution >= 4 is 35.6 Å². The molecule has 1 saturated heterocycles. The Kier molecular flexibility index (Phi) is 10.8. The first-order valence-electron chi connectivity index (χ1n) is 7.08. The van der Waals surface area contributed by atoms with Crippen molar-refractivity contribution < 1.29 is 14.3 Å². The largest absolute Gasteiger partial charge is 0.462 e. The van der Waals surface area contributed by atoms with Crippen LogP contribution in [-0.2, 0) is 14.3 Å². The standard InChI is InChI=1S/C8H14N2O.C5H10O2.CH2Cl2/c11-8(7-1-2-7)10-5-3-9-4-6-10;1-5(2,3)7-4-6;2-1-3/h7,9H,1-6H2;4H,1-3H3;1H2. The van der Waals surface area contributed by atoms with Crippen LogP contribution in [0, 0.1) is 5.92 Å². The van der Waals surface area contributed by atoms with E-state index in [-0.39, 0.29) is 10.9 Å². The Morgan fingerprint density at radius 3 is 2.05 bits per heavy atom. The van der Waals surface area contributed by atoms with Crippen LogP contribution in [0.1, 0.15) is 33.6 Å². The van der Waals surface area contributed by atoms with E-state index in [0.717, 1.165) is 39.0 Å². The molecule has 0 bridgehead atoms.